The highest BCUT2D eigenvalue weighted by Gasteiger charge is 2.35. The Kier molecular flexibility index (Phi) is 5.85. The standard InChI is InChI=1S/C21H31Cl/c1-2-3-4-5-16-6-7-20-15-19(9-8-18(20)14-16)17-10-12-21(22)13-11-17/h10-13,16,18-20H,2-9,14-15H2,1H3. The van der Waals surface area contributed by atoms with Gasteiger partial charge in [0.15, 0.2) is 0 Å². The van der Waals surface area contributed by atoms with E-state index in [4.69, 9.17) is 11.6 Å². The highest BCUT2D eigenvalue weighted by Crippen LogP contribution is 2.48. The number of hydrogen-bond acceptors (Lipinski definition) is 0. The Hall–Kier alpha value is -0.490. The lowest BCUT2D eigenvalue weighted by molar-refractivity contribution is 0.113. The summed E-state index contributed by atoms with van der Waals surface area (Å²) in [6, 6.07) is 8.63. The first-order valence-corrected chi connectivity index (χ1v) is 9.89. The summed E-state index contributed by atoms with van der Waals surface area (Å²) >= 11 is 6.03. The molecule has 122 valence electrons. The van der Waals surface area contributed by atoms with Crippen molar-refractivity contribution in [2.45, 2.75) is 77.0 Å². The van der Waals surface area contributed by atoms with Crippen molar-refractivity contribution in [3.63, 3.8) is 0 Å². The van der Waals surface area contributed by atoms with Gasteiger partial charge in [0.2, 0.25) is 0 Å². The van der Waals surface area contributed by atoms with E-state index in [1.54, 1.807) is 0 Å². The second kappa shape index (κ2) is 7.86. The van der Waals surface area contributed by atoms with Crippen molar-refractivity contribution >= 4 is 11.6 Å². The van der Waals surface area contributed by atoms with Crippen LogP contribution in [0.2, 0.25) is 5.02 Å². The SMILES string of the molecule is CCCCCC1CCC2CC(c3ccc(Cl)cc3)CCC2C1. The number of unbranched alkanes of at least 4 members (excludes halogenated alkanes) is 2. The highest BCUT2D eigenvalue weighted by molar-refractivity contribution is 6.30. The molecule has 4 unspecified atom stereocenters. The van der Waals surface area contributed by atoms with E-state index in [-0.39, 0.29) is 0 Å². The van der Waals surface area contributed by atoms with Gasteiger partial charge in [-0.05, 0) is 73.5 Å². The fourth-order valence-corrected chi connectivity index (χ4v) is 5.10. The summed E-state index contributed by atoms with van der Waals surface area (Å²) in [5.41, 5.74) is 1.52. The lowest BCUT2D eigenvalue weighted by Crippen LogP contribution is -2.30. The molecule has 2 aliphatic carbocycles. The molecule has 1 aromatic rings. The number of halogens is 1. The lowest BCUT2D eigenvalue weighted by Gasteiger charge is -2.42. The van der Waals surface area contributed by atoms with Crippen LogP contribution in [0.1, 0.15) is 82.6 Å². The summed E-state index contributed by atoms with van der Waals surface area (Å²) in [6.45, 7) is 2.31. The molecule has 1 aromatic carbocycles. The minimum absolute atomic E-state index is 0.787. The minimum atomic E-state index is 0.787. The summed E-state index contributed by atoms with van der Waals surface area (Å²) in [5, 5.41) is 0.866. The van der Waals surface area contributed by atoms with E-state index in [0.29, 0.717) is 0 Å². The summed E-state index contributed by atoms with van der Waals surface area (Å²) < 4.78 is 0. The molecule has 0 bridgehead atoms. The van der Waals surface area contributed by atoms with Gasteiger partial charge >= 0.3 is 0 Å². The van der Waals surface area contributed by atoms with Crippen molar-refractivity contribution in [1.82, 2.24) is 0 Å². The van der Waals surface area contributed by atoms with Gasteiger partial charge in [-0.3, -0.25) is 0 Å². The summed E-state index contributed by atoms with van der Waals surface area (Å²) in [7, 11) is 0. The van der Waals surface area contributed by atoms with Crippen molar-refractivity contribution in [2.75, 3.05) is 0 Å². The average Bonchev–Trinajstić information content (AvgIpc) is 2.55. The quantitative estimate of drug-likeness (QED) is 0.503. The zero-order chi connectivity index (χ0) is 15.4. The van der Waals surface area contributed by atoms with E-state index in [0.717, 1.165) is 28.7 Å². The van der Waals surface area contributed by atoms with Gasteiger partial charge in [0.25, 0.3) is 0 Å². The highest BCUT2D eigenvalue weighted by atomic mass is 35.5. The van der Waals surface area contributed by atoms with Crippen LogP contribution >= 0.6 is 11.6 Å². The summed E-state index contributed by atoms with van der Waals surface area (Å²) in [6.07, 6.45) is 14.6. The number of benzene rings is 1. The average molecular weight is 319 g/mol. The topological polar surface area (TPSA) is 0 Å². The van der Waals surface area contributed by atoms with Crippen molar-refractivity contribution in [2.24, 2.45) is 17.8 Å². The Morgan fingerprint density at radius 1 is 0.909 bits per heavy atom. The maximum atomic E-state index is 6.03. The molecule has 0 spiro atoms. The molecular weight excluding hydrogens is 288 g/mol. The van der Waals surface area contributed by atoms with Crippen LogP contribution in [0.3, 0.4) is 0 Å². The fourth-order valence-electron chi connectivity index (χ4n) is 4.97. The van der Waals surface area contributed by atoms with Gasteiger partial charge in [-0.15, -0.1) is 0 Å². The van der Waals surface area contributed by atoms with Crippen molar-refractivity contribution < 1.29 is 0 Å². The predicted molar refractivity (Wildman–Crippen MR) is 96.5 cm³/mol. The molecule has 2 aliphatic rings. The molecule has 1 heteroatoms. The molecule has 0 radical (unpaired) electrons. The molecular formula is C21H31Cl. The van der Waals surface area contributed by atoms with E-state index in [2.05, 4.69) is 31.2 Å². The van der Waals surface area contributed by atoms with E-state index in [9.17, 15) is 0 Å². The van der Waals surface area contributed by atoms with Gasteiger partial charge in [-0.25, -0.2) is 0 Å². The van der Waals surface area contributed by atoms with Gasteiger partial charge in [0.05, 0.1) is 0 Å². The first kappa shape index (κ1) is 16.4. The molecule has 0 amide bonds. The van der Waals surface area contributed by atoms with Crippen LogP contribution in [0.4, 0.5) is 0 Å². The maximum Gasteiger partial charge on any atom is 0.0406 e. The minimum Gasteiger partial charge on any atom is -0.0843 e. The molecule has 2 fully saturated rings. The van der Waals surface area contributed by atoms with Gasteiger partial charge < -0.3 is 0 Å². The number of fused-ring (bicyclic) bond motifs is 1. The molecule has 0 heterocycles. The van der Waals surface area contributed by atoms with E-state index < -0.39 is 0 Å². The fraction of sp³-hybridized carbons (Fsp3) is 0.714. The zero-order valence-corrected chi connectivity index (χ0v) is 14.8. The van der Waals surface area contributed by atoms with Crippen LogP contribution in [0.5, 0.6) is 0 Å². The van der Waals surface area contributed by atoms with Crippen LogP contribution in [-0.4, -0.2) is 0 Å². The second-order valence-electron chi connectivity index (χ2n) is 7.76. The van der Waals surface area contributed by atoms with Crippen molar-refractivity contribution in [3.8, 4) is 0 Å². The third-order valence-electron chi connectivity index (χ3n) is 6.28. The zero-order valence-electron chi connectivity index (χ0n) is 14.1. The van der Waals surface area contributed by atoms with Crippen molar-refractivity contribution in [1.29, 1.82) is 0 Å². The monoisotopic (exact) mass is 318 g/mol. The lowest BCUT2D eigenvalue weighted by atomic mass is 9.63. The molecule has 22 heavy (non-hydrogen) atoms. The van der Waals surface area contributed by atoms with Gasteiger partial charge in [0, 0.05) is 5.02 Å². The van der Waals surface area contributed by atoms with E-state index in [1.165, 1.54) is 69.8 Å². The smallest absolute Gasteiger partial charge is 0.0406 e. The predicted octanol–water partition coefficient (Wildman–Crippen LogP) is 7.22. The third kappa shape index (κ3) is 4.07. The molecule has 3 rings (SSSR count). The summed E-state index contributed by atoms with van der Waals surface area (Å²) in [4.78, 5) is 0. The van der Waals surface area contributed by atoms with Crippen LogP contribution in [0.25, 0.3) is 0 Å². The maximum absolute atomic E-state index is 6.03. The summed E-state index contributed by atoms with van der Waals surface area (Å²) in [5.74, 6) is 3.86. The molecule has 0 aliphatic heterocycles. The molecule has 4 atom stereocenters. The Morgan fingerprint density at radius 2 is 1.64 bits per heavy atom. The van der Waals surface area contributed by atoms with Gasteiger partial charge in [-0.1, -0.05) is 62.8 Å². The Balaban J connectivity index is 1.52. The number of rotatable bonds is 5. The first-order chi connectivity index (χ1) is 10.8. The Labute approximate surface area is 141 Å². The third-order valence-corrected chi connectivity index (χ3v) is 6.53. The second-order valence-corrected chi connectivity index (χ2v) is 8.19. The molecule has 2 saturated carbocycles. The Bertz CT molecular complexity index is 449. The Morgan fingerprint density at radius 3 is 2.41 bits per heavy atom. The van der Waals surface area contributed by atoms with Crippen molar-refractivity contribution in [3.05, 3.63) is 34.9 Å². The molecule has 0 aromatic heterocycles. The number of hydrogen-bond donors (Lipinski definition) is 0. The molecule has 0 nitrogen and oxygen atoms in total. The first-order valence-electron chi connectivity index (χ1n) is 9.51. The molecule has 0 saturated heterocycles. The largest absolute Gasteiger partial charge is 0.0843 e. The van der Waals surface area contributed by atoms with Crippen LogP contribution in [0, 0.1) is 17.8 Å². The van der Waals surface area contributed by atoms with Gasteiger partial charge in [0.1, 0.15) is 0 Å². The van der Waals surface area contributed by atoms with Crippen LogP contribution in [0.15, 0.2) is 24.3 Å². The van der Waals surface area contributed by atoms with Gasteiger partial charge in [-0.2, -0.15) is 0 Å². The van der Waals surface area contributed by atoms with E-state index >= 15 is 0 Å². The normalized spacial score (nSPS) is 31.7. The van der Waals surface area contributed by atoms with Crippen LogP contribution < -0.4 is 0 Å². The van der Waals surface area contributed by atoms with E-state index in [1.807, 2.05) is 0 Å². The van der Waals surface area contributed by atoms with Crippen LogP contribution in [-0.2, 0) is 0 Å². The molecule has 0 N–H and O–H groups in total.